The van der Waals surface area contributed by atoms with E-state index in [-0.39, 0.29) is 0 Å². The number of hydrogen-bond donors (Lipinski definition) is 1. The third-order valence-electron chi connectivity index (χ3n) is 2.09. The zero-order chi connectivity index (χ0) is 8.15. The van der Waals surface area contributed by atoms with Gasteiger partial charge in [0.25, 0.3) is 0 Å². The minimum atomic E-state index is 0.370. The third kappa shape index (κ3) is 3.47. The minimum Gasteiger partial charge on any atom is -0.327 e. The monoisotopic (exact) mass is 161 g/mol. The van der Waals surface area contributed by atoms with Crippen LogP contribution in [0.1, 0.15) is 20.8 Å². The Bertz CT molecular complexity index is 83.3. The molecule has 0 aliphatic rings. The fraction of sp³-hybridized carbons (Fsp3) is 1.00. The van der Waals surface area contributed by atoms with E-state index in [0.717, 1.165) is 5.75 Å². The largest absolute Gasteiger partial charge is 0.327 e. The van der Waals surface area contributed by atoms with Crippen molar-refractivity contribution in [3.63, 3.8) is 0 Å². The summed E-state index contributed by atoms with van der Waals surface area (Å²) >= 11 is 1.83. The number of rotatable bonds is 4. The van der Waals surface area contributed by atoms with Crippen molar-refractivity contribution in [2.75, 3.05) is 12.0 Å². The highest BCUT2D eigenvalue weighted by atomic mass is 32.2. The first kappa shape index (κ1) is 10.3. The molecule has 0 aromatic rings. The standard InChI is InChI=1S/C8H19NS/c1-6(2)7(3)8(9)5-10-4/h6-8H,5,9H2,1-4H3. The molecule has 2 atom stereocenters. The van der Waals surface area contributed by atoms with Crippen LogP contribution in [0.4, 0.5) is 0 Å². The lowest BCUT2D eigenvalue weighted by Gasteiger charge is -2.22. The molecule has 0 bridgehead atoms. The van der Waals surface area contributed by atoms with Gasteiger partial charge in [0.1, 0.15) is 0 Å². The average Bonchev–Trinajstić information content (AvgIpc) is 1.87. The molecule has 0 saturated carbocycles. The van der Waals surface area contributed by atoms with Gasteiger partial charge in [-0.15, -0.1) is 0 Å². The Labute approximate surface area is 68.8 Å². The van der Waals surface area contributed by atoms with Crippen molar-refractivity contribution in [1.82, 2.24) is 0 Å². The highest BCUT2D eigenvalue weighted by Gasteiger charge is 2.14. The van der Waals surface area contributed by atoms with Crippen molar-refractivity contribution in [2.45, 2.75) is 26.8 Å². The summed E-state index contributed by atoms with van der Waals surface area (Å²) in [5.41, 5.74) is 5.91. The lowest BCUT2D eigenvalue weighted by Crippen LogP contribution is -2.33. The SMILES string of the molecule is CSCC(N)C(C)C(C)C. The molecule has 0 rings (SSSR count). The maximum atomic E-state index is 5.91. The smallest absolute Gasteiger partial charge is 0.0158 e. The number of thioether (sulfide) groups is 1. The summed E-state index contributed by atoms with van der Waals surface area (Å²) in [6.45, 7) is 6.68. The highest BCUT2D eigenvalue weighted by molar-refractivity contribution is 7.98. The van der Waals surface area contributed by atoms with Crippen molar-refractivity contribution >= 4 is 11.8 Å². The Morgan fingerprint density at radius 3 is 2.10 bits per heavy atom. The van der Waals surface area contributed by atoms with Gasteiger partial charge in [-0.1, -0.05) is 20.8 Å². The van der Waals surface area contributed by atoms with E-state index in [4.69, 9.17) is 5.73 Å². The van der Waals surface area contributed by atoms with Crippen LogP contribution in [0, 0.1) is 11.8 Å². The molecule has 10 heavy (non-hydrogen) atoms. The van der Waals surface area contributed by atoms with Crippen molar-refractivity contribution < 1.29 is 0 Å². The third-order valence-corrected chi connectivity index (χ3v) is 2.80. The Balaban J connectivity index is 3.58. The second-order valence-corrected chi connectivity index (χ2v) is 4.13. The summed E-state index contributed by atoms with van der Waals surface area (Å²) < 4.78 is 0. The predicted molar refractivity (Wildman–Crippen MR) is 50.4 cm³/mol. The summed E-state index contributed by atoms with van der Waals surface area (Å²) in [5.74, 6) is 2.44. The molecule has 0 saturated heterocycles. The Hall–Kier alpha value is 0.310. The number of hydrogen-bond acceptors (Lipinski definition) is 2. The highest BCUT2D eigenvalue weighted by Crippen LogP contribution is 2.15. The summed E-state index contributed by atoms with van der Waals surface area (Å²) in [5, 5.41) is 0. The normalized spacial score (nSPS) is 17.4. The van der Waals surface area contributed by atoms with Crippen LogP contribution in [0.2, 0.25) is 0 Å². The molecule has 0 amide bonds. The van der Waals surface area contributed by atoms with E-state index in [1.54, 1.807) is 0 Å². The maximum absolute atomic E-state index is 5.91. The van der Waals surface area contributed by atoms with Crippen LogP contribution in [-0.2, 0) is 0 Å². The lowest BCUT2D eigenvalue weighted by atomic mass is 9.92. The molecular formula is C8H19NS. The molecule has 0 spiro atoms. The Kier molecular flexibility index (Phi) is 5.18. The Morgan fingerprint density at radius 1 is 1.30 bits per heavy atom. The molecule has 0 aromatic carbocycles. The molecule has 0 heterocycles. The van der Waals surface area contributed by atoms with Gasteiger partial charge in [-0.2, -0.15) is 11.8 Å². The van der Waals surface area contributed by atoms with Crippen LogP contribution in [-0.4, -0.2) is 18.1 Å². The molecule has 0 aromatic heterocycles. The van der Waals surface area contributed by atoms with Gasteiger partial charge in [0.15, 0.2) is 0 Å². The topological polar surface area (TPSA) is 26.0 Å². The minimum absolute atomic E-state index is 0.370. The molecular weight excluding hydrogens is 142 g/mol. The molecule has 2 N–H and O–H groups in total. The predicted octanol–water partition coefficient (Wildman–Crippen LogP) is 1.97. The quantitative estimate of drug-likeness (QED) is 0.682. The van der Waals surface area contributed by atoms with Crippen LogP contribution in [0.15, 0.2) is 0 Å². The van der Waals surface area contributed by atoms with Crippen LogP contribution in [0.3, 0.4) is 0 Å². The molecule has 0 fully saturated rings. The van der Waals surface area contributed by atoms with E-state index >= 15 is 0 Å². The summed E-state index contributed by atoms with van der Waals surface area (Å²) in [6, 6.07) is 0.370. The molecule has 0 radical (unpaired) electrons. The maximum Gasteiger partial charge on any atom is 0.0158 e. The van der Waals surface area contributed by atoms with E-state index in [9.17, 15) is 0 Å². The van der Waals surface area contributed by atoms with Crippen LogP contribution < -0.4 is 5.73 Å². The van der Waals surface area contributed by atoms with E-state index in [1.807, 2.05) is 11.8 Å². The van der Waals surface area contributed by atoms with Gasteiger partial charge in [-0.25, -0.2) is 0 Å². The molecule has 0 aliphatic heterocycles. The van der Waals surface area contributed by atoms with E-state index in [0.29, 0.717) is 17.9 Å². The molecule has 1 nitrogen and oxygen atoms in total. The molecule has 0 aliphatic carbocycles. The van der Waals surface area contributed by atoms with Gasteiger partial charge in [0.2, 0.25) is 0 Å². The summed E-state index contributed by atoms with van der Waals surface area (Å²) in [7, 11) is 0. The first-order valence-electron chi connectivity index (χ1n) is 3.84. The lowest BCUT2D eigenvalue weighted by molar-refractivity contribution is 0.366. The van der Waals surface area contributed by atoms with E-state index < -0.39 is 0 Å². The van der Waals surface area contributed by atoms with Gasteiger partial charge in [-0.05, 0) is 18.1 Å². The van der Waals surface area contributed by atoms with Gasteiger partial charge in [0.05, 0.1) is 0 Å². The van der Waals surface area contributed by atoms with Crippen molar-refractivity contribution in [1.29, 1.82) is 0 Å². The van der Waals surface area contributed by atoms with Crippen molar-refractivity contribution in [3.8, 4) is 0 Å². The average molecular weight is 161 g/mol. The van der Waals surface area contributed by atoms with Crippen molar-refractivity contribution in [2.24, 2.45) is 17.6 Å². The zero-order valence-electron chi connectivity index (χ0n) is 7.42. The molecule has 2 heteroatoms. The van der Waals surface area contributed by atoms with E-state index in [1.165, 1.54) is 0 Å². The summed E-state index contributed by atoms with van der Waals surface area (Å²) in [6.07, 6.45) is 2.10. The first-order chi connectivity index (χ1) is 4.59. The van der Waals surface area contributed by atoms with Crippen LogP contribution in [0.5, 0.6) is 0 Å². The second kappa shape index (κ2) is 5.03. The van der Waals surface area contributed by atoms with Crippen molar-refractivity contribution in [3.05, 3.63) is 0 Å². The zero-order valence-corrected chi connectivity index (χ0v) is 8.24. The van der Waals surface area contributed by atoms with Crippen LogP contribution >= 0.6 is 11.8 Å². The van der Waals surface area contributed by atoms with Crippen LogP contribution in [0.25, 0.3) is 0 Å². The van der Waals surface area contributed by atoms with E-state index in [2.05, 4.69) is 27.0 Å². The van der Waals surface area contributed by atoms with Gasteiger partial charge >= 0.3 is 0 Å². The van der Waals surface area contributed by atoms with Gasteiger partial charge < -0.3 is 5.73 Å². The fourth-order valence-corrected chi connectivity index (χ4v) is 1.53. The summed E-state index contributed by atoms with van der Waals surface area (Å²) in [4.78, 5) is 0. The molecule has 62 valence electrons. The van der Waals surface area contributed by atoms with Gasteiger partial charge in [0, 0.05) is 11.8 Å². The molecule has 2 unspecified atom stereocenters. The van der Waals surface area contributed by atoms with Gasteiger partial charge in [-0.3, -0.25) is 0 Å². The first-order valence-corrected chi connectivity index (χ1v) is 5.23. The number of nitrogens with two attached hydrogens (primary N) is 1. The Morgan fingerprint density at radius 2 is 1.80 bits per heavy atom. The second-order valence-electron chi connectivity index (χ2n) is 3.22. The fourth-order valence-electron chi connectivity index (χ4n) is 0.839.